The fourth-order valence-electron chi connectivity index (χ4n) is 7.15. The zero-order valence-corrected chi connectivity index (χ0v) is 22.9. The maximum absolute atomic E-state index is 6.54. The summed E-state index contributed by atoms with van der Waals surface area (Å²) in [5, 5.41) is 10.1. The number of para-hydroxylation sites is 3. The Morgan fingerprint density at radius 3 is 1.58 bits per heavy atom. The lowest BCUT2D eigenvalue weighted by Crippen LogP contribution is -1.90. The van der Waals surface area contributed by atoms with Gasteiger partial charge < -0.3 is 13.3 Å². The molecule has 0 atom stereocenters. The molecule has 0 unspecified atom stereocenters. The lowest BCUT2D eigenvalue weighted by Gasteiger charge is -2.17. The van der Waals surface area contributed by atoms with Gasteiger partial charge in [0.25, 0.3) is 0 Å². The van der Waals surface area contributed by atoms with Gasteiger partial charge in [-0.25, -0.2) is 0 Å². The Bertz CT molecular complexity index is 2680. The minimum Gasteiger partial charge on any atom is -0.463 e. The van der Waals surface area contributed by atoms with Crippen LogP contribution in [-0.2, 0) is 0 Å². The van der Waals surface area contributed by atoms with Gasteiger partial charge in [-0.15, -0.1) is 0 Å². The lowest BCUT2D eigenvalue weighted by molar-refractivity contribution is 0.619. The van der Waals surface area contributed by atoms with E-state index in [-0.39, 0.29) is 0 Å². The highest BCUT2D eigenvalue weighted by molar-refractivity contribution is 6.27. The highest BCUT2D eigenvalue weighted by Gasteiger charge is 2.23. The van der Waals surface area contributed by atoms with Crippen molar-refractivity contribution in [1.29, 1.82) is 0 Å². The van der Waals surface area contributed by atoms with Gasteiger partial charge in [-0.2, -0.15) is 0 Å². The Morgan fingerprint density at radius 1 is 0.326 bits per heavy atom. The van der Waals surface area contributed by atoms with Crippen molar-refractivity contribution in [3.63, 3.8) is 0 Å². The molecule has 7 aromatic carbocycles. The summed E-state index contributed by atoms with van der Waals surface area (Å²) in [6.45, 7) is 0. The molecule has 200 valence electrons. The first-order chi connectivity index (χ1) is 21.3. The van der Waals surface area contributed by atoms with Crippen molar-refractivity contribution in [2.24, 2.45) is 0 Å². The number of benzene rings is 7. The molecule has 0 saturated carbocycles. The molecular weight excluding hydrogens is 528 g/mol. The highest BCUT2D eigenvalue weighted by Crippen LogP contribution is 2.48. The summed E-state index contributed by atoms with van der Waals surface area (Å²) in [5.41, 5.74) is 8.86. The van der Waals surface area contributed by atoms with E-state index in [1.165, 1.54) is 27.1 Å². The Morgan fingerprint density at radius 2 is 0.884 bits per heavy atom. The molecule has 0 aliphatic carbocycles. The molecule has 0 aliphatic heterocycles. The molecule has 0 radical (unpaired) electrons. The number of hydrogen-bond acceptors (Lipinski definition) is 3. The van der Waals surface area contributed by atoms with Crippen LogP contribution in [0.5, 0.6) is 0 Å². The predicted octanol–water partition coefficient (Wildman–Crippen LogP) is 11.9. The highest BCUT2D eigenvalue weighted by atomic mass is 16.3. The SMILES string of the molecule is c1ccc2c(c1)oc1c(-c3c4ccccc4c(-c4coc5c4ccc4oc6ccccc6c45)c4ccccc34)cccc12. The van der Waals surface area contributed by atoms with E-state index in [1.54, 1.807) is 0 Å². The molecule has 0 saturated heterocycles. The largest absolute Gasteiger partial charge is 0.463 e. The molecular formula is C40H22O3. The van der Waals surface area contributed by atoms with Gasteiger partial charge in [0.15, 0.2) is 0 Å². The molecule has 0 N–H and O–H groups in total. The summed E-state index contributed by atoms with van der Waals surface area (Å²) in [4.78, 5) is 0. The van der Waals surface area contributed by atoms with Crippen LogP contribution in [0.4, 0.5) is 0 Å². The van der Waals surface area contributed by atoms with Crippen molar-refractivity contribution in [3.05, 3.63) is 134 Å². The van der Waals surface area contributed by atoms with Crippen LogP contribution in [0, 0.1) is 0 Å². The summed E-state index contributed by atoms with van der Waals surface area (Å²) in [6.07, 6.45) is 1.92. The van der Waals surface area contributed by atoms with Gasteiger partial charge >= 0.3 is 0 Å². The Balaban J connectivity index is 1.34. The molecule has 0 fully saturated rings. The first-order valence-corrected chi connectivity index (χ1v) is 14.5. The summed E-state index contributed by atoms with van der Waals surface area (Å²) < 4.78 is 19.1. The molecule has 43 heavy (non-hydrogen) atoms. The van der Waals surface area contributed by atoms with Crippen LogP contribution in [0.25, 0.3) is 98.6 Å². The summed E-state index contributed by atoms with van der Waals surface area (Å²) >= 11 is 0. The smallest absolute Gasteiger partial charge is 0.146 e. The standard InChI is InChI=1S/C40H22O3/c1-3-13-26-24(11-1)36(31-17-9-16-28-23-10-5-7-18-33(23)43-39(28)31)25-12-2-4-14-27(25)37(26)32-22-41-40-29(32)20-21-35-38(40)30-15-6-8-19-34(30)42-35/h1-22H. The molecule has 3 heterocycles. The van der Waals surface area contributed by atoms with Gasteiger partial charge in [-0.05, 0) is 45.8 Å². The number of rotatable bonds is 2. The van der Waals surface area contributed by atoms with Crippen LogP contribution >= 0.6 is 0 Å². The fraction of sp³-hybridized carbons (Fsp3) is 0. The van der Waals surface area contributed by atoms with E-state index in [0.717, 1.165) is 71.5 Å². The van der Waals surface area contributed by atoms with Gasteiger partial charge in [-0.1, -0.05) is 103 Å². The zero-order valence-electron chi connectivity index (χ0n) is 22.9. The number of fused-ring (bicyclic) bond motifs is 10. The number of furan rings is 3. The quantitative estimate of drug-likeness (QED) is 0.201. The second-order valence-corrected chi connectivity index (χ2v) is 11.2. The van der Waals surface area contributed by atoms with Crippen LogP contribution in [0.1, 0.15) is 0 Å². The van der Waals surface area contributed by atoms with Crippen molar-refractivity contribution in [2.45, 2.75) is 0 Å². The van der Waals surface area contributed by atoms with Gasteiger partial charge in [-0.3, -0.25) is 0 Å². The number of hydrogen-bond donors (Lipinski definition) is 0. The van der Waals surface area contributed by atoms with E-state index in [9.17, 15) is 0 Å². The van der Waals surface area contributed by atoms with Crippen molar-refractivity contribution < 1.29 is 13.3 Å². The third-order valence-electron chi connectivity index (χ3n) is 8.96. The van der Waals surface area contributed by atoms with E-state index in [1.807, 2.05) is 36.6 Å². The second kappa shape index (κ2) is 8.37. The average Bonchev–Trinajstić information content (AvgIpc) is 3.76. The Labute approximate surface area is 245 Å². The average molecular weight is 551 g/mol. The first-order valence-electron chi connectivity index (χ1n) is 14.5. The summed E-state index contributed by atoms with van der Waals surface area (Å²) in [7, 11) is 0. The molecule has 10 aromatic rings. The van der Waals surface area contributed by atoms with Crippen molar-refractivity contribution >= 4 is 76.4 Å². The van der Waals surface area contributed by atoms with Gasteiger partial charge in [0, 0.05) is 43.8 Å². The minimum absolute atomic E-state index is 0.832. The summed E-state index contributed by atoms with van der Waals surface area (Å²) in [5.74, 6) is 0. The molecule has 3 aromatic heterocycles. The molecule has 0 spiro atoms. The van der Waals surface area contributed by atoms with Gasteiger partial charge in [0.2, 0.25) is 0 Å². The molecule has 10 rings (SSSR count). The Kier molecular flexibility index (Phi) is 4.45. The predicted molar refractivity (Wildman–Crippen MR) is 177 cm³/mol. The van der Waals surface area contributed by atoms with E-state index >= 15 is 0 Å². The third-order valence-corrected chi connectivity index (χ3v) is 8.96. The Hall–Kier alpha value is -5.80. The van der Waals surface area contributed by atoms with Crippen molar-refractivity contribution in [1.82, 2.24) is 0 Å². The van der Waals surface area contributed by atoms with E-state index in [2.05, 4.69) is 97.1 Å². The third kappa shape index (κ3) is 3.03. The maximum Gasteiger partial charge on any atom is 0.146 e. The minimum atomic E-state index is 0.832. The molecule has 0 amide bonds. The van der Waals surface area contributed by atoms with E-state index in [0.29, 0.717) is 0 Å². The topological polar surface area (TPSA) is 39.4 Å². The lowest BCUT2D eigenvalue weighted by atomic mass is 9.85. The zero-order chi connectivity index (χ0) is 28.1. The van der Waals surface area contributed by atoms with E-state index in [4.69, 9.17) is 13.3 Å². The molecule has 0 aliphatic rings. The van der Waals surface area contributed by atoms with Gasteiger partial charge in [0.1, 0.15) is 27.9 Å². The second-order valence-electron chi connectivity index (χ2n) is 11.2. The van der Waals surface area contributed by atoms with Crippen molar-refractivity contribution in [2.75, 3.05) is 0 Å². The fourth-order valence-corrected chi connectivity index (χ4v) is 7.15. The van der Waals surface area contributed by atoms with Crippen LogP contribution < -0.4 is 0 Å². The summed E-state index contributed by atoms with van der Waals surface area (Å²) in [6, 6.07) is 44.5. The molecule has 3 nitrogen and oxygen atoms in total. The molecule has 3 heteroatoms. The van der Waals surface area contributed by atoms with Crippen LogP contribution in [0.3, 0.4) is 0 Å². The van der Waals surface area contributed by atoms with Crippen molar-refractivity contribution in [3.8, 4) is 22.3 Å². The van der Waals surface area contributed by atoms with Crippen LogP contribution in [0.2, 0.25) is 0 Å². The monoisotopic (exact) mass is 550 g/mol. The van der Waals surface area contributed by atoms with E-state index < -0.39 is 0 Å². The van der Waals surface area contributed by atoms with Crippen LogP contribution in [0.15, 0.2) is 147 Å². The van der Waals surface area contributed by atoms with Gasteiger partial charge in [0.05, 0.1) is 11.6 Å². The van der Waals surface area contributed by atoms with Crippen LogP contribution in [-0.4, -0.2) is 0 Å². The molecule has 0 bridgehead atoms. The normalized spacial score (nSPS) is 12.2. The maximum atomic E-state index is 6.54. The first kappa shape index (κ1) is 22.8.